The number of fused-ring (bicyclic) bond motifs is 1. The van der Waals surface area contributed by atoms with Crippen molar-refractivity contribution in [2.75, 3.05) is 37.3 Å². The number of carboxylic acid groups (broad SMARTS) is 1. The average molecular weight is 382 g/mol. The van der Waals surface area contributed by atoms with E-state index in [1.54, 1.807) is 25.1 Å². The lowest BCUT2D eigenvalue weighted by atomic mass is 9.74. The van der Waals surface area contributed by atoms with Crippen LogP contribution in [0.3, 0.4) is 0 Å². The molecule has 2 saturated heterocycles. The van der Waals surface area contributed by atoms with Crippen molar-refractivity contribution in [1.82, 2.24) is 4.90 Å². The van der Waals surface area contributed by atoms with Crippen molar-refractivity contribution in [3.05, 3.63) is 29.3 Å². The minimum atomic E-state index is -3.55. The van der Waals surface area contributed by atoms with Gasteiger partial charge in [-0.2, -0.15) is 0 Å². The molecule has 2 fully saturated rings. The Bertz CT molecular complexity index is 853. The third-order valence-corrected chi connectivity index (χ3v) is 5.71. The van der Waals surface area contributed by atoms with Gasteiger partial charge in [-0.15, -0.1) is 0 Å². The van der Waals surface area contributed by atoms with Gasteiger partial charge in [0.1, 0.15) is 0 Å². The largest absolute Gasteiger partial charge is 0.481 e. The number of hydrogen-bond acceptors (Lipinski definition) is 5. The molecule has 3 rings (SSSR count). The van der Waals surface area contributed by atoms with Gasteiger partial charge < -0.3 is 14.7 Å². The molecule has 8 nitrogen and oxygen atoms in total. The van der Waals surface area contributed by atoms with Crippen LogP contribution in [-0.2, 0) is 19.6 Å². The van der Waals surface area contributed by atoms with E-state index >= 15 is 0 Å². The number of aliphatic carboxylic acids is 1. The molecule has 0 aromatic heterocycles. The third-order valence-electron chi connectivity index (χ3n) is 5.12. The lowest BCUT2D eigenvalue weighted by Crippen LogP contribution is -2.45. The van der Waals surface area contributed by atoms with E-state index in [1.165, 1.54) is 4.90 Å². The fraction of sp³-hybridized carbons (Fsp3) is 0.529. The summed E-state index contributed by atoms with van der Waals surface area (Å²) in [5.74, 6) is -1.57. The Morgan fingerprint density at radius 2 is 2.12 bits per heavy atom. The molecule has 2 N–H and O–H groups in total. The first-order chi connectivity index (χ1) is 12.1. The second kappa shape index (κ2) is 6.55. The van der Waals surface area contributed by atoms with Crippen molar-refractivity contribution in [3.8, 4) is 0 Å². The number of likely N-dealkylation sites (tertiary alicyclic amines) is 1. The molecule has 2 atom stereocenters. The number of sulfonamides is 1. The number of rotatable bonds is 4. The quantitative estimate of drug-likeness (QED) is 0.801. The van der Waals surface area contributed by atoms with E-state index in [0.29, 0.717) is 19.6 Å². The summed E-state index contributed by atoms with van der Waals surface area (Å²) in [5.41, 5.74) is 0.219. The summed E-state index contributed by atoms with van der Waals surface area (Å²) >= 11 is 0. The molecule has 0 unspecified atom stereocenters. The van der Waals surface area contributed by atoms with Crippen molar-refractivity contribution >= 4 is 27.6 Å². The standard InChI is InChI=1S/C17H22N2O6S/c1-11-3-4-14(18-26(2,23)24)13(7-11)15(20)19-8-12-9-25-6-5-17(12,10-19)16(21)22/h3-4,7,12,18H,5-6,8-10H2,1-2H3,(H,21,22)/t12-,17+/m0/s1. The van der Waals surface area contributed by atoms with Gasteiger partial charge in [0.25, 0.3) is 5.91 Å². The maximum absolute atomic E-state index is 13.1. The van der Waals surface area contributed by atoms with Crippen LogP contribution in [0.2, 0.25) is 0 Å². The smallest absolute Gasteiger partial charge is 0.311 e. The fourth-order valence-electron chi connectivity index (χ4n) is 3.75. The number of anilines is 1. The number of carbonyl (C=O) groups is 2. The zero-order chi connectivity index (χ0) is 19.1. The van der Waals surface area contributed by atoms with E-state index < -0.39 is 21.4 Å². The molecule has 1 aromatic carbocycles. The van der Waals surface area contributed by atoms with Crippen LogP contribution in [0.4, 0.5) is 5.69 Å². The van der Waals surface area contributed by atoms with Crippen molar-refractivity contribution in [2.24, 2.45) is 11.3 Å². The monoisotopic (exact) mass is 382 g/mol. The number of ether oxygens (including phenoxy) is 1. The van der Waals surface area contributed by atoms with Gasteiger partial charge in [0.15, 0.2) is 0 Å². The van der Waals surface area contributed by atoms with E-state index in [0.717, 1.165) is 11.8 Å². The first-order valence-corrected chi connectivity index (χ1v) is 10.2. The maximum atomic E-state index is 13.1. The molecule has 0 spiro atoms. The number of hydrogen-bond donors (Lipinski definition) is 2. The van der Waals surface area contributed by atoms with Crippen LogP contribution in [0.25, 0.3) is 0 Å². The van der Waals surface area contributed by atoms with Crippen LogP contribution < -0.4 is 4.72 Å². The van der Waals surface area contributed by atoms with E-state index in [4.69, 9.17) is 4.74 Å². The number of amides is 1. The van der Waals surface area contributed by atoms with Gasteiger partial charge in [-0.25, -0.2) is 8.42 Å². The van der Waals surface area contributed by atoms with Crippen LogP contribution in [0.5, 0.6) is 0 Å². The van der Waals surface area contributed by atoms with Gasteiger partial charge in [0, 0.05) is 25.6 Å². The van der Waals surface area contributed by atoms with Crippen molar-refractivity contribution in [1.29, 1.82) is 0 Å². The number of nitrogens with one attached hydrogen (secondary N) is 1. The summed E-state index contributed by atoms with van der Waals surface area (Å²) in [6, 6.07) is 4.87. The topological polar surface area (TPSA) is 113 Å². The molecule has 2 heterocycles. The minimum absolute atomic E-state index is 0.0987. The second-order valence-corrected chi connectivity index (χ2v) is 8.84. The lowest BCUT2D eigenvalue weighted by Gasteiger charge is -2.33. The molecule has 0 aliphatic carbocycles. The maximum Gasteiger partial charge on any atom is 0.311 e. The van der Waals surface area contributed by atoms with Gasteiger partial charge in [-0.1, -0.05) is 11.6 Å². The third kappa shape index (κ3) is 3.41. The van der Waals surface area contributed by atoms with Crippen LogP contribution in [0.15, 0.2) is 18.2 Å². The Balaban J connectivity index is 1.93. The highest BCUT2D eigenvalue weighted by Gasteiger charge is 2.55. The number of aryl methyl sites for hydroxylation is 1. The Hall–Kier alpha value is -2.13. The van der Waals surface area contributed by atoms with Crippen LogP contribution in [-0.4, -0.2) is 62.9 Å². The molecule has 26 heavy (non-hydrogen) atoms. The highest BCUT2D eigenvalue weighted by molar-refractivity contribution is 7.92. The molecule has 0 saturated carbocycles. The Morgan fingerprint density at radius 3 is 2.73 bits per heavy atom. The van der Waals surface area contributed by atoms with Gasteiger partial charge in [0.05, 0.1) is 29.5 Å². The normalized spacial score (nSPS) is 25.6. The molecule has 9 heteroatoms. The van der Waals surface area contributed by atoms with Crippen molar-refractivity contribution in [2.45, 2.75) is 13.3 Å². The SMILES string of the molecule is Cc1ccc(NS(C)(=O)=O)c(C(=O)N2C[C@H]3COCC[C@@]3(C(=O)O)C2)c1. The van der Waals surface area contributed by atoms with Crippen LogP contribution in [0.1, 0.15) is 22.3 Å². The first-order valence-electron chi connectivity index (χ1n) is 8.31. The molecule has 0 bridgehead atoms. The Morgan fingerprint density at radius 1 is 1.38 bits per heavy atom. The van der Waals surface area contributed by atoms with E-state index in [9.17, 15) is 23.1 Å². The number of benzene rings is 1. The summed E-state index contributed by atoms with van der Waals surface area (Å²) in [6.07, 6.45) is 1.38. The summed E-state index contributed by atoms with van der Waals surface area (Å²) in [7, 11) is -3.55. The van der Waals surface area contributed by atoms with Crippen LogP contribution >= 0.6 is 0 Å². The van der Waals surface area contributed by atoms with Crippen molar-refractivity contribution < 1.29 is 27.9 Å². The van der Waals surface area contributed by atoms with E-state index in [-0.39, 0.29) is 36.2 Å². The first kappa shape index (κ1) is 18.7. The molecule has 1 amide bonds. The zero-order valence-corrected chi connectivity index (χ0v) is 15.5. The summed E-state index contributed by atoms with van der Waals surface area (Å²) < 4.78 is 31.0. The van der Waals surface area contributed by atoms with E-state index in [1.807, 2.05) is 0 Å². The Kier molecular flexibility index (Phi) is 4.70. The molecule has 2 aliphatic heterocycles. The predicted molar refractivity (Wildman–Crippen MR) is 94.5 cm³/mol. The average Bonchev–Trinajstić information content (AvgIpc) is 2.95. The summed E-state index contributed by atoms with van der Waals surface area (Å²) in [4.78, 5) is 26.5. The molecular formula is C17H22N2O6S. The highest BCUT2D eigenvalue weighted by atomic mass is 32.2. The fourth-order valence-corrected chi connectivity index (χ4v) is 4.33. The lowest BCUT2D eigenvalue weighted by molar-refractivity contribution is -0.157. The van der Waals surface area contributed by atoms with Gasteiger partial charge in [-0.05, 0) is 25.5 Å². The second-order valence-electron chi connectivity index (χ2n) is 7.09. The number of nitrogens with zero attached hydrogens (tertiary/aromatic N) is 1. The predicted octanol–water partition coefficient (Wildman–Crippen LogP) is 0.930. The summed E-state index contributed by atoms with van der Waals surface area (Å²) in [6.45, 7) is 2.84. The zero-order valence-electron chi connectivity index (χ0n) is 14.7. The molecule has 2 aliphatic rings. The molecule has 1 aromatic rings. The summed E-state index contributed by atoms with van der Waals surface area (Å²) in [5, 5.41) is 9.74. The minimum Gasteiger partial charge on any atom is -0.481 e. The van der Waals surface area contributed by atoms with Gasteiger partial charge in [-0.3, -0.25) is 14.3 Å². The van der Waals surface area contributed by atoms with Crippen molar-refractivity contribution in [3.63, 3.8) is 0 Å². The molecule has 0 radical (unpaired) electrons. The van der Waals surface area contributed by atoms with Crippen LogP contribution in [0, 0.1) is 18.3 Å². The highest BCUT2D eigenvalue weighted by Crippen LogP contribution is 2.43. The molecular weight excluding hydrogens is 360 g/mol. The van der Waals surface area contributed by atoms with Gasteiger partial charge >= 0.3 is 5.97 Å². The number of carboxylic acids is 1. The number of carbonyl (C=O) groups excluding carboxylic acids is 1. The van der Waals surface area contributed by atoms with Gasteiger partial charge in [0.2, 0.25) is 10.0 Å². The Labute approximate surface area is 152 Å². The molecule has 142 valence electrons. The van der Waals surface area contributed by atoms with E-state index in [2.05, 4.69) is 4.72 Å².